The van der Waals surface area contributed by atoms with Gasteiger partial charge in [-0.1, -0.05) is 0 Å². The maximum atomic E-state index is 12.6. The number of morpholine rings is 1. The molecule has 0 spiro atoms. The van der Waals surface area contributed by atoms with Gasteiger partial charge in [-0.15, -0.1) is 0 Å². The van der Waals surface area contributed by atoms with Crippen LogP contribution in [0.15, 0.2) is 33.9 Å². The molecule has 1 aliphatic heterocycles. The Kier molecular flexibility index (Phi) is 3.36. The summed E-state index contributed by atoms with van der Waals surface area (Å²) in [5, 5.41) is 4.55. The number of anilines is 1. The minimum Gasteiger partial charge on any atom is -0.378 e. The average Bonchev–Trinajstić information content (AvgIpc) is 3.09. The molecule has 3 aromatic rings. The Labute approximate surface area is 130 Å². The minimum atomic E-state index is -0.152. The van der Waals surface area contributed by atoms with Crippen molar-refractivity contribution in [3.63, 3.8) is 0 Å². The number of rotatable bonds is 2. The normalized spacial score (nSPS) is 15.4. The zero-order chi connectivity index (χ0) is 14.9. The van der Waals surface area contributed by atoms with Gasteiger partial charge in [0, 0.05) is 24.8 Å². The smallest absolute Gasteiger partial charge is 0.262 e. The minimum absolute atomic E-state index is 0.152. The Morgan fingerprint density at radius 1 is 1.27 bits per heavy atom. The quantitative estimate of drug-likeness (QED) is 0.782. The molecule has 0 radical (unpaired) electrons. The molecular weight excluding hydrogens is 300 g/mol. The number of fused-ring (bicyclic) bond motifs is 1. The maximum Gasteiger partial charge on any atom is 0.262 e. The molecule has 4 rings (SSSR count). The van der Waals surface area contributed by atoms with Crippen LogP contribution in [0.5, 0.6) is 0 Å². The standard InChI is InChI=1S/C15H14N4O2S/c20-14-12-11(10-2-8-22-9-10)1-3-16-13(12)17-15(18-14)19-4-6-21-7-5-19/h1-3,8-9H,4-7H2,(H,16,17,18,20). The second-order valence-corrected chi connectivity index (χ2v) is 5.84. The molecule has 0 amide bonds. The van der Waals surface area contributed by atoms with E-state index in [1.165, 1.54) is 0 Å². The van der Waals surface area contributed by atoms with Crippen LogP contribution >= 0.6 is 11.3 Å². The Morgan fingerprint density at radius 2 is 2.14 bits per heavy atom. The lowest BCUT2D eigenvalue weighted by Crippen LogP contribution is -2.38. The summed E-state index contributed by atoms with van der Waals surface area (Å²) in [6.07, 6.45) is 1.70. The second-order valence-electron chi connectivity index (χ2n) is 5.06. The van der Waals surface area contributed by atoms with Crippen molar-refractivity contribution in [3.05, 3.63) is 39.4 Å². The highest BCUT2D eigenvalue weighted by molar-refractivity contribution is 7.08. The van der Waals surface area contributed by atoms with Gasteiger partial charge in [0.2, 0.25) is 5.95 Å². The molecule has 0 bridgehead atoms. The number of aromatic amines is 1. The molecule has 0 saturated carbocycles. The van der Waals surface area contributed by atoms with Crippen molar-refractivity contribution in [1.29, 1.82) is 0 Å². The maximum absolute atomic E-state index is 12.6. The summed E-state index contributed by atoms with van der Waals surface area (Å²) in [6, 6.07) is 3.85. The highest BCUT2D eigenvalue weighted by Crippen LogP contribution is 2.26. The molecule has 7 heteroatoms. The van der Waals surface area contributed by atoms with Gasteiger partial charge in [0.05, 0.1) is 18.6 Å². The van der Waals surface area contributed by atoms with Gasteiger partial charge in [-0.25, -0.2) is 4.98 Å². The van der Waals surface area contributed by atoms with E-state index in [4.69, 9.17) is 4.74 Å². The molecule has 0 aliphatic carbocycles. The van der Waals surface area contributed by atoms with Gasteiger partial charge >= 0.3 is 0 Å². The Bertz CT molecular complexity index is 854. The molecule has 0 unspecified atom stereocenters. The van der Waals surface area contributed by atoms with Gasteiger partial charge in [0.15, 0.2) is 5.65 Å². The van der Waals surface area contributed by atoms with Crippen LogP contribution in [0.3, 0.4) is 0 Å². The Balaban J connectivity index is 1.88. The third kappa shape index (κ3) is 2.28. The molecule has 4 heterocycles. The van der Waals surface area contributed by atoms with Crippen LogP contribution in [0, 0.1) is 0 Å². The van der Waals surface area contributed by atoms with E-state index < -0.39 is 0 Å². The summed E-state index contributed by atoms with van der Waals surface area (Å²) >= 11 is 1.60. The lowest BCUT2D eigenvalue weighted by molar-refractivity contribution is 0.122. The zero-order valence-electron chi connectivity index (χ0n) is 11.8. The molecular formula is C15H14N4O2S. The third-order valence-electron chi connectivity index (χ3n) is 3.74. The number of H-pyrrole nitrogens is 1. The predicted octanol–water partition coefficient (Wildman–Crippen LogP) is 1.88. The molecule has 3 aromatic heterocycles. The molecule has 1 N–H and O–H groups in total. The fraction of sp³-hybridized carbons (Fsp3) is 0.267. The van der Waals surface area contributed by atoms with Gasteiger partial charge < -0.3 is 9.64 Å². The molecule has 112 valence electrons. The molecule has 1 saturated heterocycles. The number of hydrogen-bond acceptors (Lipinski definition) is 6. The summed E-state index contributed by atoms with van der Waals surface area (Å²) in [6.45, 7) is 2.73. The van der Waals surface area contributed by atoms with Gasteiger partial charge in [-0.2, -0.15) is 16.3 Å². The fourth-order valence-corrected chi connectivity index (χ4v) is 3.29. The van der Waals surface area contributed by atoms with Gasteiger partial charge in [-0.05, 0) is 28.5 Å². The predicted molar refractivity (Wildman–Crippen MR) is 86.5 cm³/mol. The first kappa shape index (κ1) is 13.4. The van der Waals surface area contributed by atoms with E-state index in [9.17, 15) is 4.79 Å². The van der Waals surface area contributed by atoms with E-state index in [0.717, 1.165) is 24.2 Å². The van der Waals surface area contributed by atoms with Crippen molar-refractivity contribution in [1.82, 2.24) is 15.0 Å². The SMILES string of the molecule is O=c1[nH]c(N2CCOCC2)nc2nccc(-c3ccsc3)c12. The summed E-state index contributed by atoms with van der Waals surface area (Å²) in [4.78, 5) is 26.3. The Hall–Kier alpha value is -2.25. The topological polar surface area (TPSA) is 71.1 Å². The van der Waals surface area contributed by atoms with E-state index in [0.29, 0.717) is 30.2 Å². The number of aromatic nitrogens is 3. The number of thiophene rings is 1. The van der Waals surface area contributed by atoms with Crippen LogP contribution in [-0.2, 0) is 4.74 Å². The van der Waals surface area contributed by atoms with Crippen molar-refractivity contribution < 1.29 is 4.74 Å². The number of nitrogens with zero attached hydrogens (tertiary/aromatic N) is 3. The molecule has 0 atom stereocenters. The molecule has 6 nitrogen and oxygen atoms in total. The van der Waals surface area contributed by atoms with Crippen molar-refractivity contribution in [2.45, 2.75) is 0 Å². The second kappa shape index (κ2) is 5.51. The number of ether oxygens (including phenoxy) is 1. The lowest BCUT2D eigenvalue weighted by Gasteiger charge is -2.27. The van der Waals surface area contributed by atoms with Crippen molar-refractivity contribution in [3.8, 4) is 11.1 Å². The molecule has 22 heavy (non-hydrogen) atoms. The van der Waals surface area contributed by atoms with Crippen molar-refractivity contribution in [2.75, 3.05) is 31.2 Å². The summed E-state index contributed by atoms with van der Waals surface area (Å²) < 4.78 is 5.33. The first-order valence-corrected chi connectivity index (χ1v) is 8.01. The number of hydrogen-bond donors (Lipinski definition) is 1. The van der Waals surface area contributed by atoms with Crippen LogP contribution in [0.4, 0.5) is 5.95 Å². The van der Waals surface area contributed by atoms with Gasteiger partial charge in [-0.3, -0.25) is 9.78 Å². The molecule has 0 aromatic carbocycles. The number of pyridine rings is 1. The summed E-state index contributed by atoms with van der Waals surface area (Å²) in [7, 11) is 0. The zero-order valence-corrected chi connectivity index (χ0v) is 12.6. The fourth-order valence-electron chi connectivity index (χ4n) is 2.63. The Morgan fingerprint density at radius 3 is 2.91 bits per heavy atom. The summed E-state index contributed by atoms with van der Waals surface area (Å²) in [5.41, 5.74) is 2.21. The van der Waals surface area contributed by atoms with E-state index in [1.54, 1.807) is 17.5 Å². The lowest BCUT2D eigenvalue weighted by atomic mass is 10.1. The van der Waals surface area contributed by atoms with Crippen LogP contribution < -0.4 is 10.5 Å². The van der Waals surface area contributed by atoms with Gasteiger partial charge in [0.1, 0.15) is 0 Å². The van der Waals surface area contributed by atoms with Crippen LogP contribution in [0.25, 0.3) is 22.2 Å². The van der Waals surface area contributed by atoms with E-state index in [-0.39, 0.29) is 5.56 Å². The van der Waals surface area contributed by atoms with Crippen LogP contribution in [-0.4, -0.2) is 41.3 Å². The summed E-state index contributed by atoms with van der Waals surface area (Å²) in [5.74, 6) is 0.566. The number of nitrogens with one attached hydrogen (secondary N) is 1. The van der Waals surface area contributed by atoms with Crippen LogP contribution in [0.2, 0.25) is 0 Å². The monoisotopic (exact) mass is 314 g/mol. The highest BCUT2D eigenvalue weighted by Gasteiger charge is 2.17. The first-order chi connectivity index (χ1) is 10.8. The van der Waals surface area contributed by atoms with E-state index >= 15 is 0 Å². The largest absolute Gasteiger partial charge is 0.378 e. The van der Waals surface area contributed by atoms with E-state index in [2.05, 4.69) is 15.0 Å². The van der Waals surface area contributed by atoms with E-state index in [1.807, 2.05) is 27.8 Å². The van der Waals surface area contributed by atoms with Gasteiger partial charge in [0.25, 0.3) is 5.56 Å². The highest BCUT2D eigenvalue weighted by atomic mass is 32.1. The van der Waals surface area contributed by atoms with Crippen molar-refractivity contribution >= 4 is 28.3 Å². The first-order valence-electron chi connectivity index (χ1n) is 7.07. The molecule has 1 aliphatic rings. The van der Waals surface area contributed by atoms with Crippen LogP contribution in [0.1, 0.15) is 0 Å². The van der Waals surface area contributed by atoms with Crippen molar-refractivity contribution in [2.24, 2.45) is 0 Å². The third-order valence-corrected chi connectivity index (χ3v) is 4.42. The molecule has 1 fully saturated rings. The average molecular weight is 314 g/mol.